The Morgan fingerprint density at radius 3 is 2.71 bits per heavy atom. The van der Waals surface area contributed by atoms with Crippen molar-refractivity contribution in [2.24, 2.45) is 0 Å². The van der Waals surface area contributed by atoms with Gasteiger partial charge in [-0.05, 0) is 31.2 Å². The minimum atomic E-state index is 0. The van der Waals surface area contributed by atoms with Gasteiger partial charge in [0.25, 0.3) is 5.91 Å². The lowest BCUT2D eigenvalue weighted by Gasteiger charge is -2.34. The standard InChI is InChI=1S/C14H17N5O.ClH/c1-11-8-15-6-7-18(11)14(20)12-2-4-13(5-3-12)19-10-16-9-17-19;/h2-5,9-11,15H,6-8H2,1H3;1H/t11-;/m0./s1. The minimum absolute atomic E-state index is 0. The normalized spacial score (nSPS) is 18.1. The molecular weight excluding hydrogens is 290 g/mol. The summed E-state index contributed by atoms with van der Waals surface area (Å²) in [5.41, 5.74) is 1.61. The number of hydrogen-bond donors (Lipinski definition) is 1. The fourth-order valence-electron chi connectivity index (χ4n) is 2.41. The first-order chi connectivity index (χ1) is 9.75. The highest BCUT2D eigenvalue weighted by atomic mass is 35.5. The number of benzene rings is 1. The third kappa shape index (κ3) is 3.22. The van der Waals surface area contributed by atoms with E-state index in [9.17, 15) is 4.79 Å². The van der Waals surface area contributed by atoms with Gasteiger partial charge in [0.2, 0.25) is 0 Å². The SMILES string of the molecule is C[C@H]1CNCCN1C(=O)c1ccc(-n2cncn2)cc1.Cl. The summed E-state index contributed by atoms with van der Waals surface area (Å²) in [7, 11) is 0. The van der Waals surface area contributed by atoms with Crippen LogP contribution in [0.4, 0.5) is 0 Å². The third-order valence-corrected chi connectivity index (χ3v) is 3.56. The van der Waals surface area contributed by atoms with Crippen molar-refractivity contribution < 1.29 is 4.79 Å². The average Bonchev–Trinajstić information content (AvgIpc) is 3.01. The molecule has 1 N–H and O–H groups in total. The van der Waals surface area contributed by atoms with Crippen molar-refractivity contribution >= 4 is 18.3 Å². The third-order valence-electron chi connectivity index (χ3n) is 3.56. The summed E-state index contributed by atoms with van der Waals surface area (Å²) in [4.78, 5) is 18.3. The van der Waals surface area contributed by atoms with Crippen LogP contribution in [-0.2, 0) is 0 Å². The van der Waals surface area contributed by atoms with E-state index < -0.39 is 0 Å². The van der Waals surface area contributed by atoms with Crippen LogP contribution in [0.25, 0.3) is 5.69 Å². The van der Waals surface area contributed by atoms with Crippen molar-refractivity contribution in [3.8, 4) is 5.69 Å². The first-order valence-electron chi connectivity index (χ1n) is 6.72. The second kappa shape index (κ2) is 6.69. The molecule has 3 rings (SSSR count). The number of halogens is 1. The molecule has 1 amide bonds. The first-order valence-corrected chi connectivity index (χ1v) is 6.72. The number of aromatic nitrogens is 3. The van der Waals surface area contributed by atoms with E-state index in [1.54, 1.807) is 11.0 Å². The number of carbonyl (C=O) groups excluding carboxylic acids is 1. The maximum absolute atomic E-state index is 12.5. The number of rotatable bonds is 2. The lowest BCUT2D eigenvalue weighted by Crippen LogP contribution is -2.52. The van der Waals surface area contributed by atoms with Crippen LogP contribution in [0.5, 0.6) is 0 Å². The summed E-state index contributed by atoms with van der Waals surface area (Å²) >= 11 is 0. The van der Waals surface area contributed by atoms with Gasteiger partial charge in [-0.1, -0.05) is 0 Å². The Bertz CT molecular complexity index is 584. The Labute approximate surface area is 129 Å². The lowest BCUT2D eigenvalue weighted by molar-refractivity contribution is 0.0656. The molecule has 0 saturated carbocycles. The number of carbonyl (C=O) groups is 1. The number of nitrogens with zero attached hydrogens (tertiary/aromatic N) is 4. The van der Waals surface area contributed by atoms with Gasteiger partial charge in [-0.25, -0.2) is 9.67 Å². The molecule has 0 aliphatic carbocycles. The van der Waals surface area contributed by atoms with Gasteiger partial charge in [0.1, 0.15) is 12.7 Å². The van der Waals surface area contributed by atoms with Crippen molar-refractivity contribution in [3.63, 3.8) is 0 Å². The predicted octanol–water partition coefficient (Wildman–Crippen LogP) is 1.12. The second-order valence-corrected chi connectivity index (χ2v) is 4.94. The zero-order valence-electron chi connectivity index (χ0n) is 11.8. The highest BCUT2D eigenvalue weighted by Gasteiger charge is 2.23. The molecule has 1 fully saturated rings. The summed E-state index contributed by atoms with van der Waals surface area (Å²) in [5.74, 6) is 0.0872. The molecule has 1 aromatic carbocycles. The lowest BCUT2D eigenvalue weighted by atomic mass is 10.1. The molecule has 1 saturated heterocycles. The van der Waals surface area contributed by atoms with Gasteiger partial charge in [-0.3, -0.25) is 4.79 Å². The van der Waals surface area contributed by atoms with Gasteiger partial charge in [0.05, 0.1) is 5.69 Å². The molecule has 6 nitrogen and oxygen atoms in total. The van der Waals surface area contributed by atoms with Crippen molar-refractivity contribution in [3.05, 3.63) is 42.5 Å². The smallest absolute Gasteiger partial charge is 0.254 e. The fourth-order valence-corrected chi connectivity index (χ4v) is 2.41. The van der Waals surface area contributed by atoms with Crippen LogP contribution in [0.2, 0.25) is 0 Å². The van der Waals surface area contributed by atoms with Gasteiger partial charge in [-0.15, -0.1) is 12.4 Å². The van der Waals surface area contributed by atoms with Crippen LogP contribution < -0.4 is 5.32 Å². The van der Waals surface area contributed by atoms with E-state index in [0.29, 0.717) is 5.56 Å². The van der Waals surface area contributed by atoms with Gasteiger partial charge >= 0.3 is 0 Å². The van der Waals surface area contributed by atoms with E-state index in [-0.39, 0.29) is 24.4 Å². The molecule has 112 valence electrons. The van der Waals surface area contributed by atoms with Crippen molar-refractivity contribution in [2.75, 3.05) is 19.6 Å². The van der Waals surface area contributed by atoms with Gasteiger partial charge in [-0.2, -0.15) is 5.10 Å². The molecule has 0 bridgehead atoms. The van der Waals surface area contributed by atoms with Crippen molar-refractivity contribution in [1.29, 1.82) is 0 Å². The first kappa shape index (κ1) is 15.5. The molecule has 2 heterocycles. The second-order valence-electron chi connectivity index (χ2n) is 4.94. The van der Waals surface area contributed by atoms with E-state index in [1.165, 1.54) is 6.33 Å². The van der Waals surface area contributed by atoms with Gasteiger partial charge in [0, 0.05) is 31.2 Å². The van der Waals surface area contributed by atoms with E-state index in [2.05, 4.69) is 22.3 Å². The van der Waals surface area contributed by atoms with E-state index >= 15 is 0 Å². The van der Waals surface area contributed by atoms with Crippen LogP contribution in [0.15, 0.2) is 36.9 Å². The average molecular weight is 308 g/mol. The van der Waals surface area contributed by atoms with E-state index in [4.69, 9.17) is 0 Å². The van der Waals surface area contributed by atoms with Crippen LogP contribution >= 0.6 is 12.4 Å². The number of amides is 1. The molecular formula is C14H18ClN5O. The number of nitrogens with one attached hydrogen (secondary N) is 1. The van der Waals surface area contributed by atoms with Crippen LogP contribution in [0, 0.1) is 0 Å². The molecule has 2 aromatic rings. The number of piperazine rings is 1. The summed E-state index contributed by atoms with van der Waals surface area (Å²) in [6.45, 7) is 4.52. The van der Waals surface area contributed by atoms with E-state index in [0.717, 1.165) is 25.3 Å². The molecule has 0 spiro atoms. The highest BCUT2D eigenvalue weighted by molar-refractivity contribution is 5.94. The zero-order valence-corrected chi connectivity index (χ0v) is 12.6. The molecule has 7 heteroatoms. The summed E-state index contributed by atoms with van der Waals surface area (Å²) in [6.07, 6.45) is 3.12. The molecule has 1 atom stereocenters. The topological polar surface area (TPSA) is 63.1 Å². The maximum atomic E-state index is 12.5. The van der Waals surface area contributed by atoms with Crippen molar-refractivity contribution in [2.45, 2.75) is 13.0 Å². The minimum Gasteiger partial charge on any atom is -0.333 e. The molecule has 0 unspecified atom stereocenters. The Balaban J connectivity index is 0.00000161. The van der Waals surface area contributed by atoms with Crippen LogP contribution in [-0.4, -0.2) is 51.2 Å². The Morgan fingerprint density at radius 2 is 2.10 bits per heavy atom. The Morgan fingerprint density at radius 1 is 1.33 bits per heavy atom. The van der Waals surface area contributed by atoms with Crippen LogP contribution in [0.1, 0.15) is 17.3 Å². The molecule has 1 aliphatic heterocycles. The summed E-state index contributed by atoms with van der Waals surface area (Å²) in [6, 6.07) is 7.68. The van der Waals surface area contributed by atoms with Gasteiger partial charge < -0.3 is 10.2 Å². The number of hydrogen-bond acceptors (Lipinski definition) is 4. The molecule has 1 aromatic heterocycles. The molecule has 21 heavy (non-hydrogen) atoms. The fraction of sp³-hybridized carbons (Fsp3) is 0.357. The van der Waals surface area contributed by atoms with E-state index in [1.807, 2.05) is 29.2 Å². The Kier molecular flexibility index (Phi) is 4.93. The van der Waals surface area contributed by atoms with Crippen molar-refractivity contribution in [1.82, 2.24) is 25.0 Å². The monoisotopic (exact) mass is 307 g/mol. The predicted molar refractivity (Wildman–Crippen MR) is 82.0 cm³/mol. The molecule has 1 aliphatic rings. The molecule has 0 radical (unpaired) electrons. The quantitative estimate of drug-likeness (QED) is 0.903. The van der Waals surface area contributed by atoms with Crippen LogP contribution in [0.3, 0.4) is 0 Å². The highest BCUT2D eigenvalue weighted by Crippen LogP contribution is 2.13. The maximum Gasteiger partial charge on any atom is 0.254 e. The Hall–Kier alpha value is -1.92. The van der Waals surface area contributed by atoms with Gasteiger partial charge in [0.15, 0.2) is 0 Å². The zero-order chi connectivity index (χ0) is 13.9. The summed E-state index contributed by atoms with van der Waals surface area (Å²) < 4.78 is 1.67. The summed E-state index contributed by atoms with van der Waals surface area (Å²) in [5, 5.41) is 7.35. The largest absolute Gasteiger partial charge is 0.333 e.